The summed E-state index contributed by atoms with van der Waals surface area (Å²) in [5.74, 6) is 1.48. The van der Waals surface area contributed by atoms with Crippen molar-refractivity contribution in [2.24, 2.45) is 7.05 Å². The maximum Gasteiger partial charge on any atom is 0.181 e. The van der Waals surface area contributed by atoms with Gasteiger partial charge in [0, 0.05) is 38.1 Å². The monoisotopic (exact) mass is 302 g/mol. The molecule has 4 nitrogen and oxygen atoms in total. The number of alkyl halides is 1. The van der Waals surface area contributed by atoms with Gasteiger partial charge < -0.3 is 0 Å². The molecule has 0 unspecified atom stereocenters. The minimum Gasteiger partial charge on any atom is -0.298 e. The molecule has 1 aliphatic rings. The Balaban J connectivity index is 1.73. The maximum atomic E-state index is 5.79. The SMILES string of the molecule is Cn1cnc(-c2ccc(C3=CCN(CCCl)CC3)cc2)n1. The van der Waals surface area contributed by atoms with Crippen molar-refractivity contribution in [2.45, 2.75) is 6.42 Å². The molecular weight excluding hydrogens is 284 g/mol. The Hall–Kier alpha value is -1.65. The van der Waals surface area contributed by atoms with Crippen LogP contribution in [0.2, 0.25) is 0 Å². The second-order valence-electron chi connectivity index (χ2n) is 5.29. The van der Waals surface area contributed by atoms with E-state index in [4.69, 9.17) is 11.6 Å². The van der Waals surface area contributed by atoms with Crippen LogP contribution in [0.15, 0.2) is 36.7 Å². The van der Waals surface area contributed by atoms with E-state index in [0.29, 0.717) is 5.88 Å². The summed E-state index contributed by atoms with van der Waals surface area (Å²) in [7, 11) is 1.88. The van der Waals surface area contributed by atoms with Crippen molar-refractivity contribution in [1.82, 2.24) is 19.7 Å². The van der Waals surface area contributed by atoms with E-state index in [9.17, 15) is 0 Å². The Kier molecular flexibility index (Phi) is 4.36. The van der Waals surface area contributed by atoms with E-state index in [-0.39, 0.29) is 0 Å². The van der Waals surface area contributed by atoms with Gasteiger partial charge in [0.2, 0.25) is 0 Å². The van der Waals surface area contributed by atoms with Crippen LogP contribution in [-0.2, 0) is 7.05 Å². The number of benzene rings is 1. The van der Waals surface area contributed by atoms with Crippen LogP contribution in [0.5, 0.6) is 0 Å². The normalized spacial score (nSPS) is 16.0. The Morgan fingerprint density at radius 2 is 1.95 bits per heavy atom. The predicted octanol–water partition coefficient (Wildman–Crippen LogP) is 2.81. The Morgan fingerprint density at radius 1 is 1.19 bits per heavy atom. The highest BCUT2D eigenvalue weighted by Gasteiger charge is 2.12. The van der Waals surface area contributed by atoms with Crippen molar-refractivity contribution < 1.29 is 0 Å². The van der Waals surface area contributed by atoms with Crippen LogP contribution in [0.1, 0.15) is 12.0 Å². The van der Waals surface area contributed by atoms with Crippen LogP contribution in [0.3, 0.4) is 0 Å². The topological polar surface area (TPSA) is 34.0 Å². The standard InChI is InChI=1S/C16H19ClN4/c1-20-12-18-16(19-20)15-4-2-13(3-5-15)14-6-9-21(10-7-14)11-8-17/h2-6,12H,7-11H2,1H3. The number of aromatic nitrogens is 3. The Bertz CT molecular complexity index is 630. The highest BCUT2D eigenvalue weighted by molar-refractivity contribution is 6.18. The first kappa shape index (κ1) is 14.3. The van der Waals surface area contributed by atoms with E-state index >= 15 is 0 Å². The lowest BCUT2D eigenvalue weighted by Gasteiger charge is -2.25. The average Bonchev–Trinajstić information content (AvgIpc) is 2.95. The molecule has 0 atom stereocenters. The van der Waals surface area contributed by atoms with Gasteiger partial charge in [-0.15, -0.1) is 11.6 Å². The lowest BCUT2D eigenvalue weighted by atomic mass is 9.98. The van der Waals surface area contributed by atoms with Gasteiger partial charge in [0.15, 0.2) is 5.82 Å². The molecule has 0 saturated heterocycles. The summed E-state index contributed by atoms with van der Waals surface area (Å²) in [4.78, 5) is 6.65. The van der Waals surface area contributed by atoms with E-state index < -0.39 is 0 Å². The van der Waals surface area contributed by atoms with E-state index in [1.54, 1.807) is 11.0 Å². The van der Waals surface area contributed by atoms with Gasteiger partial charge in [0.25, 0.3) is 0 Å². The fourth-order valence-corrected chi connectivity index (χ4v) is 2.84. The molecule has 0 radical (unpaired) electrons. The number of hydrogen-bond donors (Lipinski definition) is 0. The Labute approximate surface area is 130 Å². The molecule has 0 saturated carbocycles. The van der Waals surface area contributed by atoms with Crippen molar-refractivity contribution in [2.75, 3.05) is 25.5 Å². The van der Waals surface area contributed by atoms with E-state index in [2.05, 4.69) is 45.3 Å². The van der Waals surface area contributed by atoms with Crippen LogP contribution in [0.4, 0.5) is 0 Å². The predicted molar refractivity (Wildman–Crippen MR) is 86.2 cm³/mol. The third kappa shape index (κ3) is 3.34. The lowest BCUT2D eigenvalue weighted by molar-refractivity contribution is 0.320. The van der Waals surface area contributed by atoms with Gasteiger partial charge in [-0.05, 0) is 17.6 Å². The summed E-state index contributed by atoms with van der Waals surface area (Å²) in [5, 5.41) is 4.33. The zero-order valence-corrected chi connectivity index (χ0v) is 12.9. The molecule has 5 heteroatoms. The van der Waals surface area contributed by atoms with Crippen molar-refractivity contribution >= 4 is 17.2 Å². The second-order valence-corrected chi connectivity index (χ2v) is 5.67. The summed E-state index contributed by atoms with van der Waals surface area (Å²) in [5.41, 5.74) is 3.76. The minimum absolute atomic E-state index is 0.703. The van der Waals surface area contributed by atoms with Crippen LogP contribution in [0.25, 0.3) is 17.0 Å². The van der Waals surface area contributed by atoms with Crippen molar-refractivity contribution in [1.29, 1.82) is 0 Å². The first-order valence-electron chi connectivity index (χ1n) is 7.20. The minimum atomic E-state index is 0.703. The molecule has 2 heterocycles. The van der Waals surface area contributed by atoms with Gasteiger partial charge in [0.05, 0.1) is 0 Å². The van der Waals surface area contributed by atoms with E-state index in [1.807, 2.05) is 7.05 Å². The number of nitrogens with zero attached hydrogens (tertiary/aromatic N) is 4. The van der Waals surface area contributed by atoms with Crippen molar-refractivity contribution in [3.8, 4) is 11.4 Å². The summed E-state index contributed by atoms with van der Waals surface area (Å²) >= 11 is 5.79. The first-order valence-corrected chi connectivity index (χ1v) is 7.73. The fraction of sp³-hybridized carbons (Fsp3) is 0.375. The number of hydrogen-bond acceptors (Lipinski definition) is 3. The lowest BCUT2D eigenvalue weighted by Crippen LogP contribution is -2.30. The zero-order chi connectivity index (χ0) is 14.7. The summed E-state index contributed by atoms with van der Waals surface area (Å²) in [6.45, 7) is 3.04. The Morgan fingerprint density at radius 3 is 2.52 bits per heavy atom. The number of halogens is 1. The molecule has 1 aromatic carbocycles. The van der Waals surface area contributed by atoms with Crippen molar-refractivity contribution in [3.05, 3.63) is 42.2 Å². The summed E-state index contributed by atoms with van der Waals surface area (Å²) < 4.78 is 1.72. The molecule has 1 aromatic heterocycles. The van der Waals surface area contributed by atoms with Gasteiger partial charge in [-0.1, -0.05) is 30.3 Å². The third-order valence-electron chi connectivity index (χ3n) is 3.81. The molecule has 21 heavy (non-hydrogen) atoms. The van der Waals surface area contributed by atoms with Gasteiger partial charge in [-0.2, -0.15) is 5.10 Å². The van der Waals surface area contributed by atoms with E-state index in [1.165, 1.54) is 11.1 Å². The molecular formula is C16H19ClN4. The quantitative estimate of drug-likeness (QED) is 0.815. The van der Waals surface area contributed by atoms with Crippen LogP contribution in [-0.4, -0.2) is 45.2 Å². The maximum absolute atomic E-state index is 5.79. The van der Waals surface area contributed by atoms with Gasteiger partial charge >= 0.3 is 0 Å². The number of aryl methyl sites for hydroxylation is 1. The second kappa shape index (κ2) is 6.41. The molecule has 0 spiro atoms. The molecule has 1 aliphatic heterocycles. The summed E-state index contributed by atoms with van der Waals surface area (Å²) in [6.07, 6.45) is 5.11. The van der Waals surface area contributed by atoms with Gasteiger partial charge in [-0.25, -0.2) is 4.98 Å². The molecule has 0 fully saturated rings. The molecule has 0 amide bonds. The van der Waals surface area contributed by atoms with Gasteiger partial charge in [-0.3, -0.25) is 9.58 Å². The molecule has 0 aliphatic carbocycles. The molecule has 0 N–H and O–H groups in total. The largest absolute Gasteiger partial charge is 0.298 e. The number of rotatable bonds is 4. The first-order chi connectivity index (χ1) is 10.3. The average molecular weight is 303 g/mol. The molecule has 110 valence electrons. The molecule has 2 aromatic rings. The van der Waals surface area contributed by atoms with E-state index in [0.717, 1.165) is 37.4 Å². The highest BCUT2D eigenvalue weighted by atomic mass is 35.5. The summed E-state index contributed by atoms with van der Waals surface area (Å²) in [6, 6.07) is 8.51. The molecule has 0 bridgehead atoms. The fourth-order valence-electron chi connectivity index (χ4n) is 2.60. The zero-order valence-electron chi connectivity index (χ0n) is 12.2. The van der Waals surface area contributed by atoms with Gasteiger partial charge in [0.1, 0.15) is 6.33 Å². The van der Waals surface area contributed by atoms with Crippen molar-refractivity contribution in [3.63, 3.8) is 0 Å². The van der Waals surface area contributed by atoms with Crippen LogP contribution < -0.4 is 0 Å². The van der Waals surface area contributed by atoms with Crippen LogP contribution >= 0.6 is 11.6 Å². The third-order valence-corrected chi connectivity index (χ3v) is 3.98. The molecule has 3 rings (SSSR count). The smallest absolute Gasteiger partial charge is 0.181 e. The van der Waals surface area contributed by atoms with Crippen LogP contribution in [0, 0.1) is 0 Å². The highest BCUT2D eigenvalue weighted by Crippen LogP contribution is 2.24.